The Balaban J connectivity index is 1.68. The molecule has 2 atom stereocenters. The van der Waals surface area contributed by atoms with E-state index < -0.39 is 5.92 Å². The van der Waals surface area contributed by atoms with Crippen molar-refractivity contribution in [1.29, 1.82) is 0 Å². The molecule has 1 aromatic heterocycles. The minimum atomic E-state index is -0.568. The first-order valence-corrected chi connectivity index (χ1v) is 10.8. The van der Waals surface area contributed by atoms with Gasteiger partial charge in [0, 0.05) is 34.2 Å². The van der Waals surface area contributed by atoms with Crippen molar-refractivity contribution in [3.63, 3.8) is 0 Å². The molecule has 1 aliphatic heterocycles. The van der Waals surface area contributed by atoms with Crippen LogP contribution in [0, 0.1) is 11.3 Å². The molecule has 29 heavy (non-hydrogen) atoms. The molecule has 1 aromatic carbocycles. The maximum atomic E-state index is 13.2. The van der Waals surface area contributed by atoms with Crippen molar-refractivity contribution in [2.24, 2.45) is 16.3 Å². The van der Waals surface area contributed by atoms with Gasteiger partial charge in [-0.15, -0.1) is 11.3 Å². The van der Waals surface area contributed by atoms with Gasteiger partial charge in [0.15, 0.2) is 5.78 Å². The fraction of sp³-hybridized carbons (Fsp3) is 0.375. The average molecular weight is 408 g/mol. The molecule has 0 spiro atoms. The molecule has 0 saturated carbocycles. The molecule has 0 radical (unpaired) electrons. The zero-order chi connectivity index (χ0) is 20.6. The number of esters is 1. The Morgan fingerprint density at radius 1 is 1.17 bits per heavy atom. The van der Waals surface area contributed by atoms with Crippen molar-refractivity contribution in [3.8, 4) is 0 Å². The second kappa shape index (κ2) is 7.71. The quantitative estimate of drug-likeness (QED) is 0.646. The summed E-state index contributed by atoms with van der Waals surface area (Å²) in [5.74, 6) is -1.10. The van der Waals surface area contributed by atoms with Crippen LogP contribution >= 0.6 is 11.3 Å². The molecule has 4 rings (SSSR count). The lowest BCUT2D eigenvalue weighted by molar-refractivity contribution is -0.147. The Morgan fingerprint density at radius 2 is 1.93 bits per heavy atom. The number of Topliss-reactive ketones (excluding diaryl/α,β-unsaturated/α-hetero) is 1. The molecule has 1 unspecified atom stereocenters. The lowest BCUT2D eigenvalue weighted by Crippen LogP contribution is -2.39. The van der Waals surface area contributed by atoms with Gasteiger partial charge in [0.25, 0.3) is 0 Å². The Bertz CT molecular complexity index is 986. The molecular weight excluding hydrogens is 382 g/mol. The van der Waals surface area contributed by atoms with Gasteiger partial charge in [-0.3, -0.25) is 14.6 Å². The van der Waals surface area contributed by atoms with Crippen molar-refractivity contribution in [2.75, 3.05) is 0 Å². The van der Waals surface area contributed by atoms with Crippen LogP contribution in [0.3, 0.4) is 0 Å². The van der Waals surface area contributed by atoms with Crippen LogP contribution in [0.1, 0.15) is 50.0 Å². The number of thiophene rings is 1. The van der Waals surface area contributed by atoms with Gasteiger partial charge in [0.2, 0.25) is 0 Å². The number of carbonyl (C=O) groups excluding carboxylic acids is 2. The average Bonchev–Trinajstić information content (AvgIpc) is 3.19. The van der Waals surface area contributed by atoms with Crippen LogP contribution in [0.4, 0.5) is 0 Å². The molecule has 1 aliphatic carbocycles. The molecule has 150 valence electrons. The first kappa shape index (κ1) is 19.8. The summed E-state index contributed by atoms with van der Waals surface area (Å²) in [5, 5.41) is 1.99. The Kier molecular flexibility index (Phi) is 5.26. The standard InChI is InChI=1S/C24H25NO3S/c1-15-20(23(27)28-14-16-8-5-4-6-9-16)22(19-10-7-11-29-19)21-17(25-15)12-24(2,3)13-18(21)26/h4-11,20,22H,12-14H2,1-3H3/t20?,22-/m1/s1. The highest BCUT2D eigenvalue weighted by Crippen LogP contribution is 2.48. The molecule has 0 N–H and O–H groups in total. The van der Waals surface area contributed by atoms with E-state index in [1.54, 1.807) is 11.3 Å². The number of allylic oxidation sites excluding steroid dienone is 2. The van der Waals surface area contributed by atoms with Crippen molar-refractivity contribution in [3.05, 3.63) is 69.6 Å². The first-order valence-electron chi connectivity index (χ1n) is 9.91. The number of hydrogen-bond acceptors (Lipinski definition) is 5. The van der Waals surface area contributed by atoms with E-state index in [-0.39, 0.29) is 29.7 Å². The molecule has 5 heteroatoms. The van der Waals surface area contributed by atoms with Crippen molar-refractivity contribution >= 4 is 28.8 Å². The molecular formula is C24H25NO3S. The van der Waals surface area contributed by atoms with E-state index in [1.807, 2.05) is 54.8 Å². The largest absolute Gasteiger partial charge is 0.460 e. The van der Waals surface area contributed by atoms with Crippen LogP contribution in [0.15, 0.2) is 64.1 Å². The molecule has 2 aliphatic rings. The van der Waals surface area contributed by atoms with Crippen LogP contribution < -0.4 is 0 Å². The Morgan fingerprint density at radius 3 is 2.62 bits per heavy atom. The summed E-state index contributed by atoms with van der Waals surface area (Å²) in [4.78, 5) is 32.1. The van der Waals surface area contributed by atoms with Crippen molar-refractivity contribution in [1.82, 2.24) is 0 Å². The topological polar surface area (TPSA) is 55.7 Å². The Labute approximate surface area is 175 Å². The molecule has 0 saturated heterocycles. The number of ketones is 1. The zero-order valence-corrected chi connectivity index (χ0v) is 17.8. The van der Waals surface area contributed by atoms with Gasteiger partial charge in [0.1, 0.15) is 12.5 Å². The second-order valence-electron chi connectivity index (χ2n) is 8.62. The number of hydrogen-bond donors (Lipinski definition) is 0. The third-order valence-corrected chi connectivity index (χ3v) is 6.59. The van der Waals surface area contributed by atoms with Crippen molar-refractivity contribution < 1.29 is 14.3 Å². The molecule has 2 heterocycles. The predicted molar refractivity (Wildman–Crippen MR) is 115 cm³/mol. The summed E-state index contributed by atoms with van der Waals surface area (Å²) in [6.45, 7) is 6.29. The van der Waals surface area contributed by atoms with Gasteiger partial charge in [-0.1, -0.05) is 50.2 Å². The number of benzene rings is 1. The minimum absolute atomic E-state index is 0.103. The van der Waals surface area contributed by atoms with Crippen LogP contribution in [0.5, 0.6) is 0 Å². The lowest BCUT2D eigenvalue weighted by Gasteiger charge is -2.38. The molecule has 0 amide bonds. The SMILES string of the molecule is CC1=NC2=C(C(=O)CC(C)(C)C2)[C@H](c2cccs2)C1C(=O)OCc1ccccc1. The molecule has 4 nitrogen and oxygen atoms in total. The fourth-order valence-corrected chi connectivity index (χ4v) is 5.22. The number of aliphatic imine (C=N–C) groups is 1. The van der Waals surface area contributed by atoms with Gasteiger partial charge < -0.3 is 4.74 Å². The maximum Gasteiger partial charge on any atom is 0.316 e. The molecule has 2 aromatic rings. The van der Waals surface area contributed by atoms with Crippen LogP contribution in [0.2, 0.25) is 0 Å². The van der Waals surface area contributed by atoms with E-state index in [9.17, 15) is 9.59 Å². The van der Waals surface area contributed by atoms with E-state index in [0.717, 1.165) is 28.3 Å². The normalized spacial score (nSPS) is 23.4. The third kappa shape index (κ3) is 3.97. The molecule has 0 bridgehead atoms. The fourth-order valence-electron chi connectivity index (χ4n) is 4.34. The lowest BCUT2D eigenvalue weighted by atomic mass is 9.68. The Hall–Kier alpha value is -2.53. The third-order valence-electron chi connectivity index (χ3n) is 5.63. The van der Waals surface area contributed by atoms with E-state index >= 15 is 0 Å². The zero-order valence-electron chi connectivity index (χ0n) is 17.0. The predicted octanol–water partition coefficient (Wildman–Crippen LogP) is 5.31. The summed E-state index contributed by atoms with van der Waals surface area (Å²) in [6, 6.07) is 13.6. The maximum absolute atomic E-state index is 13.2. The number of nitrogens with zero attached hydrogens (tertiary/aromatic N) is 1. The smallest absolute Gasteiger partial charge is 0.316 e. The summed E-state index contributed by atoms with van der Waals surface area (Å²) < 4.78 is 5.67. The van der Waals surface area contributed by atoms with Crippen LogP contribution in [-0.4, -0.2) is 17.5 Å². The highest BCUT2D eigenvalue weighted by atomic mass is 32.1. The van der Waals surface area contributed by atoms with E-state index in [1.165, 1.54) is 0 Å². The van der Waals surface area contributed by atoms with Crippen molar-refractivity contribution in [2.45, 2.75) is 46.1 Å². The summed E-state index contributed by atoms with van der Waals surface area (Å²) in [7, 11) is 0. The first-order chi connectivity index (χ1) is 13.9. The van der Waals surface area contributed by atoms with Gasteiger partial charge in [0.05, 0.1) is 0 Å². The summed E-state index contributed by atoms with van der Waals surface area (Å²) >= 11 is 1.58. The second-order valence-corrected chi connectivity index (χ2v) is 9.60. The van der Waals surface area contributed by atoms with Gasteiger partial charge >= 0.3 is 5.97 Å². The van der Waals surface area contributed by atoms with Crippen LogP contribution in [-0.2, 0) is 20.9 Å². The van der Waals surface area contributed by atoms with Gasteiger partial charge in [-0.2, -0.15) is 0 Å². The molecule has 0 fully saturated rings. The highest BCUT2D eigenvalue weighted by Gasteiger charge is 2.46. The van der Waals surface area contributed by atoms with Crippen LogP contribution in [0.25, 0.3) is 0 Å². The number of carbonyl (C=O) groups is 2. The minimum Gasteiger partial charge on any atom is -0.460 e. The number of ether oxygens (including phenoxy) is 1. The monoisotopic (exact) mass is 407 g/mol. The number of rotatable bonds is 4. The summed E-state index contributed by atoms with van der Waals surface area (Å²) in [6.07, 6.45) is 1.23. The van der Waals surface area contributed by atoms with E-state index in [0.29, 0.717) is 12.0 Å². The highest BCUT2D eigenvalue weighted by molar-refractivity contribution is 7.10. The summed E-state index contributed by atoms with van der Waals surface area (Å²) in [5.41, 5.74) is 3.11. The van der Waals surface area contributed by atoms with Gasteiger partial charge in [-0.05, 0) is 35.8 Å². The van der Waals surface area contributed by atoms with Gasteiger partial charge in [-0.25, -0.2) is 0 Å². The van der Waals surface area contributed by atoms with E-state index in [4.69, 9.17) is 9.73 Å². The van der Waals surface area contributed by atoms with E-state index in [2.05, 4.69) is 13.8 Å².